The minimum atomic E-state index is -0.209. The highest BCUT2D eigenvalue weighted by Gasteiger charge is 2.45. The van der Waals surface area contributed by atoms with Crippen LogP contribution in [0.25, 0.3) is 10.6 Å². The summed E-state index contributed by atoms with van der Waals surface area (Å²) in [5.74, 6) is 0.00132. The molecule has 1 amide bonds. The van der Waals surface area contributed by atoms with E-state index in [0.717, 1.165) is 39.1 Å². The first kappa shape index (κ1) is 17.7. The van der Waals surface area contributed by atoms with E-state index in [9.17, 15) is 4.79 Å². The van der Waals surface area contributed by atoms with Gasteiger partial charge in [-0.15, -0.1) is 11.3 Å². The molecule has 1 N–H and O–H groups in total. The van der Waals surface area contributed by atoms with E-state index in [0.29, 0.717) is 5.02 Å². The Bertz CT molecular complexity index is 950. The largest absolute Gasteiger partial charge is 0.346 e. The van der Waals surface area contributed by atoms with Crippen molar-refractivity contribution < 1.29 is 4.79 Å². The van der Waals surface area contributed by atoms with Crippen molar-refractivity contribution in [1.82, 2.24) is 10.3 Å². The van der Waals surface area contributed by atoms with Crippen molar-refractivity contribution in [2.24, 2.45) is 0 Å². The summed E-state index contributed by atoms with van der Waals surface area (Å²) in [5, 5.41) is 6.64. The van der Waals surface area contributed by atoms with Gasteiger partial charge >= 0.3 is 0 Å². The van der Waals surface area contributed by atoms with Crippen molar-refractivity contribution in [3.63, 3.8) is 0 Å². The molecule has 1 aliphatic carbocycles. The van der Waals surface area contributed by atoms with Gasteiger partial charge in [0.05, 0.1) is 22.7 Å². The zero-order chi connectivity index (χ0) is 18.1. The number of thiazole rings is 1. The van der Waals surface area contributed by atoms with Crippen molar-refractivity contribution in [2.45, 2.75) is 24.8 Å². The predicted octanol–water partition coefficient (Wildman–Crippen LogP) is 5.57. The minimum absolute atomic E-state index is 0.00132. The van der Waals surface area contributed by atoms with Gasteiger partial charge in [0.1, 0.15) is 5.01 Å². The molecule has 132 valence electrons. The summed E-state index contributed by atoms with van der Waals surface area (Å²) in [6, 6.07) is 15.8. The van der Waals surface area contributed by atoms with Crippen LogP contribution in [0.15, 0.2) is 58.4 Å². The van der Waals surface area contributed by atoms with E-state index in [1.807, 2.05) is 41.8 Å². The molecule has 0 spiro atoms. The number of nitrogens with zero attached hydrogens (tertiary/aromatic N) is 1. The van der Waals surface area contributed by atoms with Crippen LogP contribution in [0.4, 0.5) is 0 Å². The number of hydrogen-bond acceptors (Lipinski definition) is 3. The number of amides is 1. The van der Waals surface area contributed by atoms with Gasteiger partial charge in [0.2, 0.25) is 5.91 Å². The maximum absolute atomic E-state index is 12.5. The number of halogens is 2. The lowest BCUT2D eigenvalue weighted by atomic mass is 10.0. The van der Waals surface area contributed by atoms with Crippen LogP contribution >= 0.6 is 38.9 Å². The fourth-order valence-corrected chi connectivity index (χ4v) is 4.41. The van der Waals surface area contributed by atoms with Crippen molar-refractivity contribution in [1.29, 1.82) is 0 Å². The molecule has 1 saturated carbocycles. The maximum Gasteiger partial charge on any atom is 0.226 e. The second-order valence-corrected chi connectivity index (χ2v) is 8.62. The Labute approximate surface area is 169 Å². The fraction of sp³-hybridized carbons (Fsp3) is 0.200. The zero-order valence-electron chi connectivity index (χ0n) is 13.8. The van der Waals surface area contributed by atoms with Gasteiger partial charge < -0.3 is 5.32 Å². The van der Waals surface area contributed by atoms with Gasteiger partial charge in [0, 0.05) is 15.4 Å². The highest BCUT2D eigenvalue weighted by Crippen LogP contribution is 2.45. The van der Waals surface area contributed by atoms with Gasteiger partial charge in [-0.1, -0.05) is 57.9 Å². The Morgan fingerprint density at radius 1 is 1.19 bits per heavy atom. The SMILES string of the molecule is O=C(Cc1csc(-c2ccccc2Cl)n1)NC1(c2ccc(Br)cc2)CC1. The number of benzene rings is 2. The summed E-state index contributed by atoms with van der Waals surface area (Å²) in [4.78, 5) is 17.1. The average molecular weight is 448 g/mol. The first-order valence-corrected chi connectivity index (χ1v) is 10.4. The molecule has 26 heavy (non-hydrogen) atoms. The summed E-state index contributed by atoms with van der Waals surface area (Å²) in [6.07, 6.45) is 2.23. The van der Waals surface area contributed by atoms with Gasteiger partial charge in [-0.3, -0.25) is 4.79 Å². The molecule has 1 fully saturated rings. The normalized spacial score (nSPS) is 14.8. The van der Waals surface area contributed by atoms with E-state index in [4.69, 9.17) is 11.6 Å². The first-order valence-electron chi connectivity index (χ1n) is 8.32. The number of carbonyl (C=O) groups is 1. The lowest BCUT2D eigenvalue weighted by Crippen LogP contribution is -2.35. The maximum atomic E-state index is 12.5. The molecule has 3 nitrogen and oxygen atoms in total. The molecule has 1 aliphatic rings. The van der Waals surface area contributed by atoms with Crippen LogP contribution in [0.1, 0.15) is 24.1 Å². The highest BCUT2D eigenvalue weighted by molar-refractivity contribution is 9.10. The third-order valence-electron chi connectivity index (χ3n) is 4.52. The molecule has 0 atom stereocenters. The van der Waals surface area contributed by atoms with Gasteiger partial charge in [-0.05, 0) is 36.6 Å². The van der Waals surface area contributed by atoms with Crippen LogP contribution in [0, 0.1) is 0 Å². The molecular weight excluding hydrogens is 432 g/mol. The fourth-order valence-electron chi connectivity index (χ4n) is 3.00. The Morgan fingerprint density at radius 3 is 2.62 bits per heavy atom. The number of nitrogens with one attached hydrogen (secondary N) is 1. The van der Waals surface area contributed by atoms with Gasteiger partial charge in [0.25, 0.3) is 0 Å². The highest BCUT2D eigenvalue weighted by atomic mass is 79.9. The number of carbonyl (C=O) groups excluding carboxylic acids is 1. The van der Waals surface area contributed by atoms with E-state index in [1.54, 1.807) is 0 Å². The molecule has 4 rings (SSSR count). The standard InChI is InChI=1S/C20H16BrClN2OS/c21-14-7-5-13(6-8-14)20(9-10-20)24-18(25)11-15-12-26-19(23-15)16-3-1-2-4-17(16)22/h1-8,12H,9-11H2,(H,24,25). The van der Waals surface area contributed by atoms with E-state index < -0.39 is 0 Å². The average Bonchev–Trinajstić information content (AvgIpc) is 3.25. The quantitative estimate of drug-likeness (QED) is 0.555. The molecule has 0 saturated heterocycles. The molecule has 1 aromatic heterocycles. The predicted molar refractivity (Wildman–Crippen MR) is 109 cm³/mol. The summed E-state index contributed by atoms with van der Waals surface area (Å²) >= 11 is 11.2. The van der Waals surface area contributed by atoms with Crippen LogP contribution in [-0.4, -0.2) is 10.9 Å². The monoisotopic (exact) mass is 446 g/mol. The number of rotatable bonds is 5. The summed E-state index contributed by atoms with van der Waals surface area (Å²) in [5.41, 5.74) is 2.62. The second-order valence-electron chi connectivity index (χ2n) is 6.44. The molecule has 2 aromatic carbocycles. The summed E-state index contributed by atoms with van der Waals surface area (Å²) < 4.78 is 1.04. The molecule has 1 heterocycles. The summed E-state index contributed by atoms with van der Waals surface area (Å²) in [7, 11) is 0. The minimum Gasteiger partial charge on any atom is -0.346 e. The Morgan fingerprint density at radius 2 is 1.92 bits per heavy atom. The third kappa shape index (κ3) is 3.70. The Hall–Kier alpha value is -1.69. The third-order valence-corrected chi connectivity index (χ3v) is 6.31. The van der Waals surface area contributed by atoms with Crippen molar-refractivity contribution in [3.05, 3.63) is 74.7 Å². The van der Waals surface area contributed by atoms with Crippen molar-refractivity contribution in [2.75, 3.05) is 0 Å². The number of hydrogen-bond donors (Lipinski definition) is 1. The van der Waals surface area contributed by atoms with Gasteiger partial charge in [0.15, 0.2) is 0 Å². The molecule has 0 unspecified atom stereocenters. The lowest BCUT2D eigenvalue weighted by molar-refractivity contribution is -0.121. The van der Waals surface area contributed by atoms with Crippen LogP contribution in [0.5, 0.6) is 0 Å². The van der Waals surface area contributed by atoms with Crippen molar-refractivity contribution in [3.8, 4) is 10.6 Å². The van der Waals surface area contributed by atoms with Crippen LogP contribution in [0.3, 0.4) is 0 Å². The van der Waals surface area contributed by atoms with Crippen LogP contribution in [0.2, 0.25) is 5.02 Å². The smallest absolute Gasteiger partial charge is 0.226 e. The van der Waals surface area contributed by atoms with Crippen LogP contribution < -0.4 is 5.32 Å². The molecule has 6 heteroatoms. The zero-order valence-corrected chi connectivity index (χ0v) is 17.0. The van der Waals surface area contributed by atoms with Gasteiger partial charge in [-0.2, -0.15) is 0 Å². The first-order chi connectivity index (χ1) is 12.6. The van der Waals surface area contributed by atoms with Crippen molar-refractivity contribution >= 4 is 44.8 Å². The topological polar surface area (TPSA) is 42.0 Å². The number of aromatic nitrogens is 1. The molecule has 0 aliphatic heterocycles. The second kappa shape index (κ2) is 7.14. The molecule has 3 aromatic rings. The summed E-state index contributed by atoms with van der Waals surface area (Å²) in [6.45, 7) is 0. The Kier molecular flexibility index (Phi) is 4.86. The van der Waals surface area contributed by atoms with Crippen LogP contribution in [-0.2, 0) is 16.8 Å². The lowest BCUT2D eigenvalue weighted by Gasteiger charge is -2.17. The van der Waals surface area contributed by atoms with E-state index >= 15 is 0 Å². The molecule has 0 radical (unpaired) electrons. The Balaban J connectivity index is 1.44. The van der Waals surface area contributed by atoms with Gasteiger partial charge in [-0.25, -0.2) is 4.98 Å². The van der Waals surface area contributed by atoms with E-state index in [1.165, 1.54) is 11.3 Å². The molecule has 0 bridgehead atoms. The molecular formula is C20H16BrClN2OS. The van der Waals surface area contributed by atoms with E-state index in [-0.39, 0.29) is 17.9 Å². The van der Waals surface area contributed by atoms with E-state index in [2.05, 4.69) is 38.4 Å².